The van der Waals surface area contributed by atoms with E-state index >= 15 is 0 Å². The Morgan fingerprint density at radius 3 is 2.62 bits per heavy atom. The summed E-state index contributed by atoms with van der Waals surface area (Å²) in [5.41, 5.74) is 2.64. The fourth-order valence-electron chi connectivity index (χ4n) is 5.56. The average molecular weight is 650 g/mol. The molecule has 48 heavy (non-hydrogen) atoms. The summed E-state index contributed by atoms with van der Waals surface area (Å²) in [5.74, 6) is 2.10. The smallest absolute Gasteiger partial charge is 0.416 e. The molecule has 0 amide bonds. The second-order valence-electron chi connectivity index (χ2n) is 11.1. The highest BCUT2D eigenvalue weighted by molar-refractivity contribution is 5.90. The van der Waals surface area contributed by atoms with Crippen LogP contribution in [0.5, 0.6) is 5.75 Å². The lowest BCUT2D eigenvalue weighted by molar-refractivity contribution is -0.137. The van der Waals surface area contributed by atoms with Crippen LogP contribution in [0.4, 0.5) is 24.7 Å². The first-order valence-corrected chi connectivity index (χ1v) is 15.3. The molecule has 0 spiro atoms. The molecule has 1 aliphatic heterocycles. The quantitative estimate of drug-likeness (QED) is 0.123. The predicted molar refractivity (Wildman–Crippen MR) is 176 cm³/mol. The number of aromatic nitrogens is 5. The second-order valence-corrected chi connectivity index (χ2v) is 11.1. The number of hydrogen-bond donors (Lipinski definition) is 3. The number of tetrazole rings is 1. The standard InChI is InChI=1S/C35H30F3N9O/c36-35(37,38)25-16-18-39-32(20-25)42-26-14-12-23(13-15-26)21-40-34(43-29-17-19-48-31-11-4-3-9-28(29)31)41-22-33-44-45-46-47(33)30-10-5-7-24-6-1-2-8-27(24)30/h1-16,18,20,29H,17,19,21-22H2,(H,39,42)(H2,40,41,43). The van der Waals surface area contributed by atoms with E-state index in [9.17, 15) is 13.2 Å². The van der Waals surface area contributed by atoms with E-state index in [-0.39, 0.29) is 11.9 Å². The highest BCUT2D eigenvalue weighted by atomic mass is 19.4. The number of fused-ring (bicyclic) bond motifs is 2. The Bertz CT molecular complexity index is 2060. The molecule has 242 valence electrons. The minimum Gasteiger partial charge on any atom is -0.493 e. The van der Waals surface area contributed by atoms with Gasteiger partial charge in [0.25, 0.3) is 0 Å². The maximum atomic E-state index is 13.1. The van der Waals surface area contributed by atoms with Crippen molar-refractivity contribution < 1.29 is 17.9 Å². The number of anilines is 2. The average Bonchev–Trinajstić information content (AvgIpc) is 3.58. The largest absolute Gasteiger partial charge is 0.493 e. The Kier molecular flexibility index (Phi) is 8.56. The van der Waals surface area contributed by atoms with Gasteiger partial charge in [-0.2, -0.15) is 17.9 Å². The first kappa shape index (κ1) is 30.7. The zero-order valence-corrected chi connectivity index (χ0v) is 25.5. The summed E-state index contributed by atoms with van der Waals surface area (Å²) in [6.07, 6.45) is -2.57. The maximum absolute atomic E-state index is 13.1. The fourth-order valence-corrected chi connectivity index (χ4v) is 5.56. The molecule has 0 fully saturated rings. The Hall–Kier alpha value is -5.98. The molecule has 1 atom stereocenters. The number of alkyl halides is 3. The third-order valence-electron chi connectivity index (χ3n) is 7.95. The van der Waals surface area contributed by atoms with Crippen molar-refractivity contribution in [2.75, 3.05) is 11.9 Å². The number of guanidine groups is 1. The summed E-state index contributed by atoms with van der Waals surface area (Å²) >= 11 is 0. The van der Waals surface area contributed by atoms with E-state index in [1.54, 1.807) is 16.8 Å². The highest BCUT2D eigenvalue weighted by Gasteiger charge is 2.30. The summed E-state index contributed by atoms with van der Waals surface area (Å²) < 4.78 is 47.0. The molecule has 0 aliphatic carbocycles. The van der Waals surface area contributed by atoms with Gasteiger partial charge < -0.3 is 20.7 Å². The minimum absolute atomic E-state index is 0.0400. The lowest BCUT2D eigenvalue weighted by Crippen LogP contribution is -2.41. The third-order valence-corrected chi connectivity index (χ3v) is 7.95. The molecular formula is C35H30F3N9O. The van der Waals surface area contributed by atoms with E-state index < -0.39 is 11.7 Å². The SMILES string of the molecule is FC(F)(F)c1ccnc(Nc2ccc(CN=C(NCc3nnnn3-c3cccc4ccccc34)NC3CCOc4ccccc43)cc2)c1. The van der Waals surface area contributed by atoms with Crippen LogP contribution in [0, 0.1) is 0 Å². The number of nitrogens with one attached hydrogen (secondary N) is 3. The van der Waals surface area contributed by atoms with Crippen molar-refractivity contribution in [3.05, 3.63) is 132 Å². The van der Waals surface area contributed by atoms with E-state index in [4.69, 9.17) is 9.73 Å². The summed E-state index contributed by atoms with van der Waals surface area (Å²) in [7, 11) is 0. The monoisotopic (exact) mass is 649 g/mol. The van der Waals surface area contributed by atoms with Gasteiger partial charge in [-0.3, -0.25) is 0 Å². The van der Waals surface area contributed by atoms with E-state index in [1.807, 2.05) is 78.9 Å². The minimum atomic E-state index is -4.45. The number of rotatable bonds is 8. The molecule has 1 unspecified atom stereocenters. The number of aliphatic imine (C=N–C) groups is 1. The van der Waals surface area contributed by atoms with E-state index in [0.717, 1.165) is 58.1 Å². The van der Waals surface area contributed by atoms with Crippen molar-refractivity contribution in [3.63, 3.8) is 0 Å². The third kappa shape index (κ3) is 6.89. The molecule has 0 bridgehead atoms. The number of ether oxygens (including phenoxy) is 1. The van der Waals surface area contributed by atoms with Gasteiger partial charge in [0.1, 0.15) is 11.6 Å². The van der Waals surface area contributed by atoms with Crippen molar-refractivity contribution in [3.8, 4) is 11.4 Å². The molecule has 0 saturated carbocycles. The lowest BCUT2D eigenvalue weighted by atomic mass is 10.0. The van der Waals surface area contributed by atoms with Crippen LogP contribution < -0.4 is 20.7 Å². The van der Waals surface area contributed by atoms with Gasteiger partial charge in [0, 0.05) is 29.3 Å². The van der Waals surface area contributed by atoms with Gasteiger partial charge in [-0.05, 0) is 57.8 Å². The van der Waals surface area contributed by atoms with Crippen LogP contribution in [-0.4, -0.2) is 37.8 Å². The molecular weight excluding hydrogens is 619 g/mol. The van der Waals surface area contributed by atoms with Gasteiger partial charge in [0.2, 0.25) is 0 Å². The molecule has 0 radical (unpaired) electrons. The van der Waals surface area contributed by atoms with Crippen LogP contribution in [0.2, 0.25) is 0 Å². The van der Waals surface area contributed by atoms with Gasteiger partial charge in [-0.1, -0.05) is 66.7 Å². The van der Waals surface area contributed by atoms with E-state index in [1.165, 1.54) is 0 Å². The normalized spacial score (nSPS) is 14.6. The topological polar surface area (TPSA) is 114 Å². The molecule has 0 saturated heterocycles. The zero-order chi connectivity index (χ0) is 32.9. The van der Waals surface area contributed by atoms with Crippen LogP contribution in [0.1, 0.15) is 35.0 Å². The number of pyridine rings is 1. The number of hydrogen-bond acceptors (Lipinski definition) is 7. The van der Waals surface area contributed by atoms with Crippen molar-refractivity contribution in [2.45, 2.75) is 31.7 Å². The van der Waals surface area contributed by atoms with Crippen molar-refractivity contribution in [1.29, 1.82) is 0 Å². The van der Waals surface area contributed by atoms with Crippen molar-refractivity contribution in [2.24, 2.45) is 4.99 Å². The Balaban J connectivity index is 1.10. The molecule has 6 aromatic rings. The Labute approximate surface area is 273 Å². The molecule has 13 heteroatoms. The molecule has 4 aromatic carbocycles. The van der Waals surface area contributed by atoms with Gasteiger partial charge in [0.05, 0.1) is 37.0 Å². The second kappa shape index (κ2) is 13.4. The molecule has 3 heterocycles. The van der Waals surface area contributed by atoms with Crippen LogP contribution in [0.15, 0.2) is 114 Å². The van der Waals surface area contributed by atoms with Crippen LogP contribution in [-0.2, 0) is 19.3 Å². The molecule has 7 rings (SSSR count). The summed E-state index contributed by atoms with van der Waals surface area (Å²) in [6.45, 7) is 1.19. The fraction of sp³-hybridized carbons (Fsp3) is 0.171. The molecule has 10 nitrogen and oxygen atoms in total. The lowest BCUT2D eigenvalue weighted by Gasteiger charge is -2.28. The van der Waals surface area contributed by atoms with Crippen LogP contribution in [0.3, 0.4) is 0 Å². The van der Waals surface area contributed by atoms with Gasteiger partial charge in [0.15, 0.2) is 11.8 Å². The van der Waals surface area contributed by atoms with E-state index in [0.29, 0.717) is 37.2 Å². The number of benzene rings is 4. The molecule has 2 aromatic heterocycles. The van der Waals surface area contributed by atoms with Crippen molar-refractivity contribution >= 4 is 28.2 Å². The summed E-state index contributed by atoms with van der Waals surface area (Å²) in [5, 5.41) is 24.6. The molecule has 1 aliphatic rings. The van der Waals surface area contributed by atoms with Gasteiger partial charge in [-0.25, -0.2) is 9.98 Å². The highest BCUT2D eigenvalue weighted by Crippen LogP contribution is 2.32. The summed E-state index contributed by atoms with van der Waals surface area (Å²) in [4.78, 5) is 8.89. The zero-order valence-electron chi connectivity index (χ0n) is 25.5. The summed E-state index contributed by atoms with van der Waals surface area (Å²) in [6, 6.07) is 31.2. The van der Waals surface area contributed by atoms with Gasteiger partial charge >= 0.3 is 6.18 Å². The van der Waals surface area contributed by atoms with Crippen LogP contribution >= 0.6 is 0 Å². The predicted octanol–water partition coefficient (Wildman–Crippen LogP) is 6.73. The van der Waals surface area contributed by atoms with Crippen molar-refractivity contribution in [1.82, 2.24) is 35.8 Å². The van der Waals surface area contributed by atoms with Gasteiger partial charge in [-0.15, -0.1) is 5.10 Å². The number of nitrogens with zero attached hydrogens (tertiary/aromatic N) is 6. The first-order chi connectivity index (χ1) is 23.4. The molecule has 3 N–H and O–H groups in total. The number of halogens is 3. The Morgan fingerprint density at radius 1 is 0.938 bits per heavy atom. The van der Waals surface area contributed by atoms with E-state index in [2.05, 4.69) is 36.5 Å². The van der Waals surface area contributed by atoms with Crippen LogP contribution in [0.25, 0.3) is 16.5 Å². The maximum Gasteiger partial charge on any atom is 0.416 e. The number of para-hydroxylation sites is 1. The Morgan fingerprint density at radius 2 is 1.75 bits per heavy atom. The first-order valence-electron chi connectivity index (χ1n) is 15.3.